The van der Waals surface area contributed by atoms with E-state index in [1.54, 1.807) is 5.38 Å². The number of nitrogens with one attached hydrogen (secondary N) is 2. The van der Waals surface area contributed by atoms with Crippen LogP contribution >= 0.6 is 34.4 Å². The first-order valence-corrected chi connectivity index (χ1v) is 16.1. The molecule has 2 atom stereocenters. The number of amides is 3. The van der Waals surface area contributed by atoms with Gasteiger partial charge in [0, 0.05) is 34.9 Å². The molecule has 0 bridgehead atoms. The number of thioether (sulfide) groups is 1. The van der Waals surface area contributed by atoms with Crippen molar-refractivity contribution in [3.05, 3.63) is 33.4 Å². The second kappa shape index (κ2) is 12.9. The van der Waals surface area contributed by atoms with E-state index < -0.39 is 35.1 Å². The normalized spacial score (nSPS) is 21.4. The molecule has 19 heteroatoms. The number of carboxylic acid groups (broad SMARTS) is 1. The van der Waals surface area contributed by atoms with E-state index in [9.17, 15) is 24.3 Å². The highest BCUT2D eigenvalue weighted by atomic mass is 32.2. The molecular formula is C25H30N9O7S3+. The third-order valence-corrected chi connectivity index (χ3v) is 10.1. The summed E-state index contributed by atoms with van der Waals surface area (Å²) in [5.74, 6) is -2.68. The minimum atomic E-state index is -1.16. The van der Waals surface area contributed by atoms with Crippen LogP contribution in [0.25, 0.3) is 0 Å². The van der Waals surface area contributed by atoms with Gasteiger partial charge >= 0.3 is 5.97 Å². The van der Waals surface area contributed by atoms with Gasteiger partial charge in [-0.05, 0) is 0 Å². The average Bonchev–Trinajstić information content (AvgIpc) is 3.74. The molecule has 16 nitrogen and oxygen atoms in total. The molecule has 0 aliphatic carbocycles. The summed E-state index contributed by atoms with van der Waals surface area (Å²) in [6, 6.07) is -0.974. The van der Waals surface area contributed by atoms with Crippen LogP contribution < -0.4 is 16.4 Å². The van der Waals surface area contributed by atoms with Gasteiger partial charge in [-0.2, -0.15) is 0 Å². The smallest absolute Gasteiger partial charge is 0.352 e. The Balaban J connectivity index is 1.28. The van der Waals surface area contributed by atoms with Gasteiger partial charge in [0.05, 0.1) is 20.1 Å². The number of carbonyl (C=O) groups is 4. The Morgan fingerprint density at radius 2 is 1.73 bits per heavy atom. The molecule has 5 N–H and O–H groups in total. The number of β-lactam (4-membered cyclic amide) rings is 1. The van der Waals surface area contributed by atoms with Crippen molar-refractivity contribution in [2.24, 2.45) is 10.3 Å². The number of likely N-dealkylation sites (tertiary alicyclic amines) is 1. The first-order valence-electron chi connectivity index (χ1n) is 13.3. The van der Waals surface area contributed by atoms with Crippen LogP contribution in [0.1, 0.15) is 24.2 Å². The van der Waals surface area contributed by atoms with E-state index in [-0.39, 0.29) is 38.8 Å². The van der Waals surface area contributed by atoms with Gasteiger partial charge in [0.25, 0.3) is 17.7 Å². The minimum absolute atomic E-state index is 0.00196. The van der Waals surface area contributed by atoms with Crippen LogP contribution in [0.3, 0.4) is 0 Å². The number of nitrogens with two attached hydrogens (primary N) is 1. The lowest BCUT2D eigenvalue weighted by Crippen LogP contribution is -2.71. The third-order valence-electron chi connectivity index (χ3n) is 7.28. The van der Waals surface area contributed by atoms with Crippen molar-refractivity contribution in [2.75, 3.05) is 57.7 Å². The number of fused-ring (bicyclic) bond motifs is 1. The first kappa shape index (κ1) is 31.4. The summed E-state index contributed by atoms with van der Waals surface area (Å²) in [7, 11) is 4.63. The average molecular weight is 665 g/mol. The maximum Gasteiger partial charge on any atom is 0.352 e. The monoisotopic (exact) mass is 664 g/mol. The number of carboxylic acids is 1. The summed E-state index contributed by atoms with van der Waals surface area (Å²) in [4.78, 5) is 70.9. The molecule has 2 aromatic rings. The number of hydrogen-bond acceptors (Lipinski definition) is 14. The molecule has 5 heterocycles. The van der Waals surface area contributed by atoms with Gasteiger partial charge in [0.1, 0.15) is 49.3 Å². The summed E-state index contributed by atoms with van der Waals surface area (Å²) in [5.41, 5.74) is 6.30. The number of oxime groups is 2. The van der Waals surface area contributed by atoms with E-state index in [1.165, 1.54) is 36.3 Å². The number of thiazole rings is 2. The predicted octanol–water partition coefficient (Wildman–Crippen LogP) is 0.501. The summed E-state index contributed by atoms with van der Waals surface area (Å²) < 4.78 is 0.743. The highest BCUT2D eigenvalue weighted by molar-refractivity contribution is 8.00. The highest BCUT2D eigenvalue weighted by Gasteiger charge is 2.55. The summed E-state index contributed by atoms with van der Waals surface area (Å²) >= 11 is 3.55. The van der Waals surface area contributed by atoms with E-state index in [0.29, 0.717) is 12.3 Å². The maximum atomic E-state index is 13.3. The fraction of sp³-hybridized carbons (Fsp3) is 0.440. The number of nitrogen functional groups attached to an aromatic ring is 1. The molecule has 2 aromatic heterocycles. The van der Waals surface area contributed by atoms with Crippen LogP contribution in [0.2, 0.25) is 0 Å². The molecule has 0 saturated carbocycles. The van der Waals surface area contributed by atoms with Gasteiger partial charge < -0.3 is 30.3 Å². The molecule has 0 radical (unpaired) electrons. The van der Waals surface area contributed by atoms with Gasteiger partial charge in [-0.1, -0.05) is 10.3 Å². The zero-order valence-corrected chi connectivity index (χ0v) is 26.4. The molecule has 0 spiro atoms. The number of likely N-dealkylation sites (N-methyl/N-ethyl adjacent to an activating group) is 1. The number of quaternary nitrogens is 1. The fourth-order valence-corrected chi connectivity index (χ4v) is 7.89. The standard InChI is InChI=1S/C25H29N9O7S3/c1-34(6-4-5-7-34)8-12-9-42-22-17(21(37)33(22)18(12)23(38)39)29-19(35)16(32-41-3)14-11-44-25(28-14)30-20(36)15(31-40-2)13-10-43-24(26)27-13/h10-11,17,22H,4-9H2,1-3H3,(H4-,26,27,28,29,30,35,36,38,39)/p+1/b31-15+,32-16+/t17-,22-/m1/s1. The molecule has 234 valence electrons. The van der Waals surface area contributed by atoms with Crippen LogP contribution in [0.15, 0.2) is 32.3 Å². The number of aromatic nitrogens is 2. The quantitative estimate of drug-likeness (QED) is 0.112. The Hall–Kier alpha value is -4.07. The first-order chi connectivity index (χ1) is 21.0. The molecular weight excluding hydrogens is 635 g/mol. The van der Waals surface area contributed by atoms with Crippen LogP contribution in [0.4, 0.5) is 10.3 Å². The van der Waals surface area contributed by atoms with Crippen molar-refractivity contribution in [1.82, 2.24) is 20.2 Å². The van der Waals surface area contributed by atoms with Crippen molar-refractivity contribution in [3.63, 3.8) is 0 Å². The van der Waals surface area contributed by atoms with E-state index in [1.807, 2.05) is 0 Å². The molecule has 0 aromatic carbocycles. The Morgan fingerprint density at radius 3 is 2.34 bits per heavy atom. The summed E-state index contributed by atoms with van der Waals surface area (Å²) in [5, 5.41) is 25.6. The Bertz CT molecular complexity index is 1580. The molecule has 5 rings (SSSR count). The number of carbonyl (C=O) groups excluding carboxylic acids is 3. The molecule has 3 aliphatic rings. The van der Waals surface area contributed by atoms with E-state index in [4.69, 9.17) is 15.4 Å². The van der Waals surface area contributed by atoms with E-state index in [2.05, 4.69) is 38.0 Å². The van der Waals surface area contributed by atoms with Crippen LogP contribution in [0.5, 0.6) is 0 Å². The Morgan fingerprint density at radius 1 is 1.09 bits per heavy atom. The highest BCUT2D eigenvalue weighted by Crippen LogP contribution is 2.41. The maximum absolute atomic E-state index is 13.3. The molecule has 44 heavy (non-hydrogen) atoms. The van der Waals surface area contributed by atoms with Crippen molar-refractivity contribution in [1.29, 1.82) is 0 Å². The Kier molecular flexibility index (Phi) is 9.18. The minimum Gasteiger partial charge on any atom is -0.477 e. The molecule has 3 aliphatic heterocycles. The summed E-state index contributed by atoms with van der Waals surface area (Å²) in [6.07, 6.45) is 2.17. The lowest BCUT2D eigenvalue weighted by molar-refractivity contribution is -0.893. The van der Waals surface area contributed by atoms with Gasteiger partial charge in [-0.15, -0.1) is 34.4 Å². The predicted molar refractivity (Wildman–Crippen MR) is 164 cm³/mol. The van der Waals surface area contributed by atoms with Crippen molar-refractivity contribution in [3.8, 4) is 0 Å². The molecule has 2 saturated heterocycles. The van der Waals surface area contributed by atoms with Crippen molar-refractivity contribution in [2.45, 2.75) is 24.3 Å². The molecule has 2 fully saturated rings. The van der Waals surface area contributed by atoms with Gasteiger partial charge in [-0.3, -0.25) is 24.6 Å². The second-order valence-corrected chi connectivity index (χ2v) is 13.2. The largest absolute Gasteiger partial charge is 0.477 e. The second-order valence-electron chi connectivity index (χ2n) is 10.4. The van der Waals surface area contributed by atoms with Crippen LogP contribution in [-0.2, 0) is 28.9 Å². The number of rotatable bonds is 11. The van der Waals surface area contributed by atoms with Crippen molar-refractivity contribution < 1.29 is 38.4 Å². The van der Waals surface area contributed by atoms with Crippen LogP contribution in [-0.4, -0.2) is 118 Å². The molecule has 3 amide bonds. The number of hydrogen-bond donors (Lipinski definition) is 4. The topological polar surface area (TPSA) is 211 Å². The Labute approximate surface area is 263 Å². The number of aliphatic carboxylic acids is 1. The lowest BCUT2D eigenvalue weighted by atomic mass is 10.0. The van der Waals surface area contributed by atoms with Crippen LogP contribution in [0, 0.1) is 0 Å². The zero-order chi connectivity index (χ0) is 31.6. The lowest BCUT2D eigenvalue weighted by Gasteiger charge is -2.49. The molecule has 0 unspecified atom stereocenters. The van der Waals surface area contributed by atoms with E-state index >= 15 is 0 Å². The summed E-state index contributed by atoms with van der Waals surface area (Å²) in [6.45, 7) is 2.49. The fourth-order valence-electron chi connectivity index (χ4n) is 5.32. The number of nitrogens with zero attached hydrogens (tertiary/aromatic N) is 6. The zero-order valence-electron chi connectivity index (χ0n) is 23.9. The van der Waals surface area contributed by atoms with Gasteiger partial charge in [0.2, 0.25) is 0 Å². The number of anilines is 2. The van der Waals surface area contributed by atoms with Gasteiger partial charge in [-0.25, -0.2) is 14.8 Å². The van der Waals surface area contributed by atoms with Crippen molar-refractivity contribution >= 4 is 79.8 Å². The van der Waals surface area contributed by atoms with E-state index in [0.717, 1.165) is 58.7 Å². The third kappa shape index (κ3) is 6.26. The SMILES string of the molecule is CO/N=C(/C(=O)Nc1nc(/C(=N\OC)C(=O)N[C@@H]2C(=O)N3C(C(=O)O)=C(C[N+]4(C)CCCC4)CS[C@H]23)cs1)c1csc(N)n1. The van der Waals surface area contributed by atoms with Gasteiger partial charge in [0.15, 0.2) is 21.7 Å².